The number of rotatable bonds is 4. The molecule has 0 bridgehead atoms. The van der Waals surface area contributed by atoms with Gasteiger partial charge in [0, 0.05) is 44.5 Å². The van der Waals surface area contributed by atoms with Crippen LogP contribution in [0.5, 0.6) is 0 Å². The van der Waals surface area contributed by atoms with Crippen molar-refractivity contribution < 1.29 is 13.9 Å². The summed E-state index contributed by atoms with van der Waals surface area (Å²) < 4.78 is 26.3. The number of aryl methyl sites for hydroxylation is 2. The van der Waals surface area contributed by atoms with E-state index in [1.807, 2.05) is 19.9 Å². The Kier molecular flexibility index (Phi) is 5.24. The third-order valence-corrected chi connectivity index (χ3v) is 4.41. The summed E-state index contributed by atoms with van der Waals surface area (Å²) in [6.07, 6.45) is -0.842. The second kappa shape index (κ2) is 7.41. The number of hydrogen-bond donors (Lipinski definition) is 1. The van der Waals surface area contributed by atoms with E-state index in [0.29, 0.717) is 12.1 Å². The molecule has 1 aliphatic rings. The van der Waals surface area contributed by atoms with E-state index in [1.165, 1.54) is 6.07 Å². The minimum Gasteiger partial charge on any atom is -0.387 e. The molecule has 0 aliphatic carbocycles. The Morgan fingerprint density at radius 3 is 2.40 bits per heavy atom. The molecule has 0 spiro atoms. The van der Waals surface area contributed by atoms with Crippen molar-refractivity contribution in [1.82, 2.24) is 14.9 Å². The van der Waals surface area contributed by atoms with Gasteiger partial charge in [0.15, 0.2) is 11.6 Å². The van der Waals surface area contributed by atoms with Crippen LogP contribution < -0.4 is 4.90 Å². The van der Waals surface area contributed by atoms with E-state index in [4.69, 9.17) is 0 Å². The zero-order chi connectivity index (χ0) is 18.0. The summed E-state index contributed by atoms with van der Waals surface area (Å²) in [5.41, 5.74) is 1.34. The van der Waals surface area contributed by atoms with Gasteiger partial charge in [0.25, 0.3) is 0 Å². The number of halogens is 2. The van der Waals surface area contributed by atoms with Crippen molar-refractivity contribution in [3.63, 3.8) is 0 Å². The summed E-state index contributed by atoms with van der Waals surface area (Å²) in [6.45, 7) is 7.34. The Morgan fingerprint density at radius 1 is 1.04 bits per heavy atom. The van der Waals surface area contributed by atoms with Crippen LogP contribution in [0.1, 0.15) is 23.2 Å². The molecular weight excluding hydrogens is 326 g/mol. The van der Waals surface area contributed by atoms with Crippen LogP contribution in [0.3, 0.4) is 0 Å². The Balaban J connectivity index is 1.57. The van der Waals surface area contributed by atoms with Crippen molar-refractivity contribution in [3.8, 4) is 0 Å². The first-order chi connectivity index (χ1) is 11.9. The number of piperazine rings is 1. The first-order valence-electron chi connectivity index (χ1n) is 8.35. The van der Waals surface area contributed by atoms with Gasteiger partial charge in [-0.2, -0.15) is 0 Å². The van der Waals surface area contributed by atoms with E-state index in [2.05, 4.69) is 19.8 Å². The molecule has 0 radical (unpaired) electrons. The number of nitrogens with zero attached hydrogens (tertiary/aromatic N) is 4. The van der Waals surface area contributed by atoms with Gasteiger partial charge in [0.1, 0.15) is 11.6 Å². The van der Waals surface area contributed by atoms with Crippen LogP contribution in [0.2, 0.25) is 0 Å². The molecule has 3 rings (SSSR count). The third kappa shape index (κ3) is 4.29. The second-order valence-electron chi connectivity index (χ2n) is 6.39. The SMILES string of the molecule is Cc1cc(N2CCN(CC(O)c3ccc(F)c(F)c3)CC2)nc(C)n1. The molecule has 2 aromatic rings. The Morgan fingerprint density at radius 2 is 1.76 bits per heavy atom. The zero-order valence-corrected chi connectivity index (χ0v) is 14.4. The first kappa shape index (κ1) is 17.7. The molecule has 7 heteroatoms. The van der Waals surface area contributed by atoms with Gasteiger partial charge in [-0.3, -0.25) is 4.90 Å². The van der Waals surface area contributed by atoms with Gasteiger partial charge in [0.05, 0.1) is 6.10 Å². The van der Waals surface area contributed by atoms with E-state index < -0.39 is 17.7 Å². The first-order valence-corrected chi connectivity index (χ1v) is 8.35. The fourth-order valence-corrected chi connectivity index (χ4v) is 3.09. The summed E-state index contributed by atoms with van der Waals surface area (Å²) in [5, 5.41) is 10.3. The van der Waals surface area contributed by atoms with Crippen molar-refractivity contribution in [2.24, 2.45) is 0 Å². The van der Waals surface area contributed by atoms with E-state index in [9.17, 15) is 13.9 Å². The van der Waals surface area contributed by atoms with Crippen molar-refractivity contribution in [3.05, 3.63) is 53.0 Å². The van der Waals surface area contributed by atoms with Crippen molar-refractivity contribution in [2.45, 2.75) is 20.0 Å². The summed E-state index contributed by atoms with van der Waals surface area (Å²) in [4.78, 5) is 13.1. The molecule has 1 fully saturated rings. The maximum Gasteiger partial charge on any atom is 0.159 e. The van der Waals surface area contributed by atoms with Gasteiger partial charge in [0.2, 0.25) is 0 Å². The van der Waals surface area contributed by atoms with E-state index in [-0.39, 0.29) is 0 Å². The van der Waals surface area contributed by atoms with Crippen LogP contribution in [0, 0.1) is 25.5 Å². The highest BCUT2D eigenvalue weighted by Gasteiger charge is 2.21. The number of aliphatic hydroxyl groups is 1. The Bertz CT molecular complexity index is 728. The maximum atomic E-state index is 13.3. The highest BCUT2D eigenvalue weighted by molar-refractivity contribution is 5.40. The van der Waals surface area contributed by atoms with Crippen LogP contribution in [0.15, 0.2) is 24.3 Å². The van der Waals surface area contributed by atoms with Gasteiger partial charge in [-0.25, -0.2) is 18.7 Å². The highest BCUT2D eigenvalue weighted by atomic mass is 19.2. The molecule has 0 amide bonds. The normalized spacial score (nSPS) is 16.9. The monoisotopic (exact) mass is 348 g/mol. The fourth-order valence-electron chi connectivity index (χ4n) is 3.09. The molecule has 1 aromatic heterocycles. The molecule has 1 unspecified atom stereocenters. The van der Waals surface area contributed by atoms with Crippen LogP contribution in [-0.2, 0) is 0 Å². The van der Waals surface area contributed by atoms with Crippen molar-refractivity contribution >= 4 is 5.82 Å². The molecule has 1 N–H and O–H groups in total. The standard InChI is InChI=1S/C18H22F2N4O/c1-12-9-18(22-13(2)21-12)24-7-5-23(6-8-24)11-17(25)14-3-4-15(19)16(20)10-14/h3-4,9-10,17,25H,5-8,11H2,1-2H3. The number of aromatic nitrogens is 2. The van der Waals surface area contributed by atoms with Crippen LogP contribution in [0.4, 0.5) is 14.6 Å². The van der Waals surface area contributed by atoms with Gasteiger partial charge >= 0.3 is 0 Å². The molecule has 1 aliphatic heterocycles. The predicted molar refractivity (Wildman–Crippen MR) is 91.5 cm³/mol. The highest BCUT2D eigenvalue weighted by Crippen LogP contribution is 2.20. The number of β-amino-alcohol motifs (C(OH)–C–C–N with tert-alkyl or cyclic N) is 1. The molecule has 5 nitrogen and oxygen atoms in total. The fraction of sp³-hybridized carbons (Fsp3) is 0.444. The lowest BCUT2D eigenvalue weighted by atomic mass is 10.1. The summed E-state index contributed by atoms with van der Waals surface area (Å²) in [7, 11) is 0. The summed E-state index contributed by atoms with van der Waals surface area (Å²) >= 11 is 0. The molecule has 134 valence electrons. The van der Waals surface area contributed by atoms with Crippen LogP contribution in [-0.4, -0.2) is 52.7 Å². The quantitative estimate of drug-likeness (QED) is 0.918. The van der Waals surface area contributed by atoms with Crippen LogP contribution in [0.25, 0.3) is 0 Å². The summed E-state index contributed by atoms with van der Waals surface area (Å²) in [5.74, 6) is -0.159. The topological polar surface area (TPSA) is 52.5 Å². The lowest BCUT2D eigenvalue weighted by molar-refractivity contribution is 0.109. The molecule has 0 saturated carbocycles. The summed E-state index contributed by atoms with van der Waals surface area (Å²) in [6, 6.07) is 5.50. The van der Waals surface area contributed by atoms with Gasteiger partial charge in [-0.05, 0) is 31.5 Å². The number of benzene rings is 1. The zero-order valence-electron chi connectivity index (χ0n) is 14.4. The van der Waals surface area contributed by atoms with Gasteiger partial charge in [-0.15, -0.1) is 0 Å². The molecule has 25 heavy (non-hydrogen) atoms. The smallest absolute Gasteiger partial charge is 0.159 e. The number of aliphatic hydroxyl groups excluding tert-OH is 1. The Labute approximate surface area is 145 Å². The average Bonchev–Trinajstić information content (AvgIpc) is 2.57. The lowest BCUT2D eigenvalue weighted by Gasteiger charge is -2.36. The molecule has 1 saturated heterocycles. The minimum atomic E-state index is -0.934. The van der Waals surface area contributed by atoms with E-state index in [0.717, 1.165) is 55.6 Å². The largest absolute Gasteiger partial charge is 0.387 e. The maximum absolute atomic E-state index is 13.3. The van der Waals surface area contributed by atoms with Crippen molar-refractivity contribution in [1.29, 1.82) is 0 Å². The van der Waals surface area contributed by atoms with Crippen LogP contribution >= 0.6 is 0 Å². The number of anilines is 1. The van der Waals surface area contributed by atoms with E-state index >= 15 is 0 Å². The lowest BCUT2D eigenvalue weighted by Crippen LogP contribution is -2.47. The predicted octanol–water partition coefficient (Wildman–Crippen LogP) is 2.23. The Hall–Kier alpha value is -2.12. The van der Waals surface area contributed by atoms with E-state index in [1.54, 1.807) is 0 Å². The molecule has 1 atom stereocenters. The van der Waals surface area contributed by atoms with Gasteiger partial charge < -0.3 is 10.0 Å². The number of hydrogen-bond acceptors (Lipinski definition) is 5. The van der Waals surface area contributed by atoms with Gasteiger partial charge in [-0.1, -0.05) is 6.07 Å². The average molecular weight is 348 g/mol. The third-order valence-electron chi connectivity index (χ3n) is 4.41. The molecule has 1 aromatic carbocycles. The molecule has 2 heterocycles. The minimum absolute atomic E-state index is 0.390. The van der Waals surface area contributed by atoms with Crippen molar-refractivity contribution in [2.75, 3.05) is 37.6 Å². The molecular formula is C18H22F2N4O. The second-order valence-corrected chi connectivity index (χ2v) is 6.39.